The third-order valence-electron chi connectivity index (χ3n) is 2.35. The summed E-state index contributed by atoms with van der Waals surface area (Å²) in [5.41, 5.74) is 0.959. The van der Waals surface area contributed by atoms with Gasteiger partial charge in [-0.15, -0.1) is 0 Å². The highest BCUT2D eigenvalue weighted by Crippen LogP contribution is 2.12. The lowest BCUT2D eigenvalue weighted by Gasteiger charge is -2.22. The molecule has 2 rings (SSSR count). The molecule has 5 nitrogen and oxygen atoms in total. The van der Waals surface area contributed by atoms with E-state index in [0.717, 1.165) is 5.56 Å². The van der Waals surface area contributed by atoms with Gasteiger partial charge < -0.3 is 15.2 Å². The molecule has 1 aromatic rings. The van der Waals surface area contributed by atoms with Gasteiger partial charge >= 0.3 is 11.9 Å². The van der Waals surface area contributed by atoms with E-state index in [0.29, 0.717) is 6.42 Å². The predicted molar refractivity (Wildman–Crippen MR) is 54.7 cm³/mol. The Morgan fingerprint density at radius 3 is 2.62 bits per heavy atom. The van der Waals surface area contributed by atoms with E-state index < -0.39 is 11.9 Å². The van der Waals surface area contributed by atoms with E-state index >= 15 is 0 Å². The molecule has 0 spiro atoms. The fraction of sp³-hybridized carbons (Fsp3) is 0.273. The molecule has 1 atom stereocenters. The zero-order valence-corrected chi connectivity index (χ0v) is 8.47. The van der Waals surface area contributed by atoms with Crippen molar-refractivity contribution in [3.63, 3.8) is 0 Å². The summed E-state index contributed by atoms with van der Waals surface area (Å²) >= 11 is 0. The number of phenols is 1. The number of morpholine rings is 1. The lowest BCUT2D eigenvalue weighted by Crippen LogP contribution is -2.49. The maximum absolute atomic E-state index is 11.0. The first-order valence-electron chi connectivity index (χ1n) is 4.90. The van der Waals surface area contributed by atoms with Crippen LogP contribution in [0, 0.1) is 0 Å². The van der Waals surface area contributed by atoms with Gasteiger partial charge in [-0.05, 0) is 24.1 Å². The molecule has 84 valence electrons. The summed E-state index contributed by atoms with van der Waals surface area (Å²) in [4.78, 5) is 21.8. The summed E-state index contributed by atoms with van der Waals surface area (Å²) in [6.45, 7) is 0.186. The van der Waals surface area contributed by atoms with Gasteiger partial charge in [-0.3, -0.25) is 4.79 Å². The highest BCUT2D eigenvalue weighted by Gasteiger charge is 2.26. The predicted octanol–water partition coefficient (Wildman–Crippen LogP) is -0.0237. The standard InChI is InChI=1S/C11H11NO4/c13-9-3-1-7(2-4-9)5-8-6-16-11(15)10(14)12-8/h1-4,8,13H,5-6H2,(H,12,14). The van der Waals surface area contributed by atoms with Gasteiger partial charge in [0.2, 0.25) is 0 Å². The average Bonchev–Trinajstić information content (AvgIpc) is 2.27. The van der Waals surface area contributed by atoms with Crippen LogP contribution in [-0.4, -0.2) is 29.6 Å². The van der Waals surface area contributed by atoms with Gasteiger partial charge in [-0.25, -0.2) is 4.79 Å². The number of aromatic hydroxyl groups is 1. The van der Waals surface area contributed by atoms with Gasteiger partial charge in [0.15, 0.2) is 0 Å². The van der Waals surface area contributed by atoms with E-state index in [1.807, 2.05) is 0 Å². The minimum Gasteiger partial charge on any atom is -0.508 e. The van der Waals surface area contributed by atoms with E-state index in [2.05, 4.69) is 5.32 Å². The second-order valence-electron chi connectivity index (χ2n) is 3.64. The van der Waals surface area contributed by atoms with E-state index in [4.69, 9.17) is 9.84 Å². The minimum absolute atomic E-state index is 0.186. The van der Waals surface area contributed by atoms with Gasteiger partial charge in [-0.2, -0.15) is 0 Å². The first-order valence-corrected chi connectivity index (χ1v) is 4.90. The van der Waals surface area contributed by atoms with E-state index in [-0.39, 0.29) is 18.4 Å². The van der Waals surface area contributed by atoms with Crippen LogP contribution in [0.15, 0.2) is 24.3 Å². The van der Waals surface area contributed by atoms with Gasteiger partial charge in [0.1, 0.15) is 12.4 Å². The van der Waals surface area contributed by atoms with Gasteiger partial charge in [0.05, 0.1) is 6.04 Å². The quantitative estimate of drug-likeness (QED) is 0.543. The molecule has 1 fully saturated rings. The van der Waals surface area contributed by atoms with Crippen LogP contribution in [-0.2, 0) is 20.7 Å². The normalized spacial score (nSPS) is 20.1. The number of hydrogen-bond acceptors (Lipinski definition) is 4. The highest BCUT2D eigenvalue weighted by atomic mass is 16.5. The van der Waals surface area contributed by atoms with Crippen molar-refractivity contribution < 1.29 is 19.4 Å². The van der Waals surface area contributed by atoms with Crippen LogP contribution in [0.5, 0.6) is 5.75 Å². The number of nitrogens with one attached hydrogen (secondary N) is 1. The fourth-order valence-corrected chi connectivity index (χ4v) is 1.55. The number of carbonyl (C=O) groups excluding carboxylic acids is 2. The average molecular weight is 221 g/mol. The number of cyclic esters (lactones) is 1. The van der Waals surface area contributed by atoms with E-state index in [1.54, 1.807) is 24.3 Å². The van der Waals surface area contributed by atoms with Crippen molar-refractivity contribution in [2.75, 3.05) is 6.61 Å². The Labute approximate surface area is 92.0 Å². The number of benzene rings is 1. The van der Waals surface area contributed by atoms with Crippen LogP contribution >= 0.6 is 0 Å². The zero-order valence-electron chi connectivity index (χ0n) is 8.47. The molecule has 0 saturated carbocycles. The lowest BCUT2D eigenvalue weighted by molar-refractivity contribution is -0.160. The molecule has 0 bridgehead atoms. The number of carbonyl (C=O) groups is 2. The van der Waals surface area contributed by atoms with Crippen LogP contribution in [0.2, 0.25) is 0 Å². The molecular weight excluding hydrogens is 210 g/mol. The number of hydrogen-bond donors (Lipinski definition) is 2. The molecule has 0 radical (unpaired) electrons. The van der Waals surface area contributed by atoms with Gasteiger partial charge in [0.25, 0.3) is 0 Å². The number of phenolic OH excluding ortho intramolecular Hbond substituents is 1. The van der Waals surface area contributed by atoms with E-state index in [1.165, 1.54) is 0 Å². The maximum Gasteiger partial charge on any atom is 0.396 e. The van der Waals surface area contributed by atoms with Crippen LogP contribution in [0.1, 0.15) is 5.56 Å². The number of rotatable bonds is 2. The summed E-state index contributed by atoms with van der Waals surface area (Å²) in [6.07, 6.45) is 0.569. The van der Waals surface area contributed by atoms with Gasteiger partial charge in [-0.1, -0.05) is 12.1 Å². The summed E-state index contributed by atoms with van der Waals surface area (Å²) in [5, 5.41) is 11.7. The third-order valence-corrected chi connectivity index (χ3v) is 2.35. The topological polar surface area (TPSA) is 75.6 Å². The smallest absolute Gasteiger partial charge is 0.396 e. The van der Waals surface area contributed by atoms with Crippen molar-refractivity contribution in [1.29, 1.82) is 0 Å². The lowest BCUT2D eigenvalue weighted by atomic mass is 10.1. The highest BCUT2D eigenvalue weighted by molar-refractivity contribution is 6.33. The molecule has 1 aromatic carbocycles. The van der Waals surface area contributed by atoms with Crippen molar-refractivity contribution in [3.05, 3.63) is 29.8 Å². The number of ether oxygens (including phenoxy) is 1. The molecular formula is C11H11NO4. The Morgan fingerprint density at radius 2 is 2.00 bits per heavy atom. The van der Waals surface area contributed by atoms with Gasteiger partial charge in [0, 0.05) is 0 Å². The Hall–Kier alpha value is -2.04. The summed E-state index contributed by atoms with van der Waals surface area (Å²) in [7, 11) is 0. The van der Waals surface area contributed by atoms with Crippen LogP contribution < -0.4 is 5.32 Å². The monoisotopic (exact) mass is 221 g/mol. The Bertz CT molecular complexity index is 412. The SMILES string of the molecule is O=C1NC(Cc2ccc(O)cc2)COC1=O. The number of esters is 1. The molecule has 1 unspecified atom stereocenters. The molecule has 0 aliphatic carbocycles. The molecule has 1 aliphatic heterocycles. The molecule has 2 N–H and O–H groups in total. The first kappa shape index (κ1) is 10.5. The molecule has 1 amide bonds. The molecule has 1 heterocycles. The molecule has 0 aromatic heterocycles. The first-order chi connectivity index (χ1) is 7.65. The fourth-order valence-electron chi connectivity index (χ4n) is 1.55. The third kappa shape index (κ3) is 2.31. The van der Waals surface area contributed by atoms with Crippen molar-refractivity contribution in [2.24, 2.45) is 0 Å². The molecule has 16 heavy (non-hydrogen) atoms. The number of amides is 1. The van der Waals surface area contributed by atoms with Crippen molar-refractivity contribution in [3.8, 4) is 5.75 Å². The van der Waals surface area contributed by atoms with Crippen LogP contribution in [0.25, 0.3) is 0 Å². The summed E-state index contributed by atoms with van der Waals surface area (Å²) in [6, 6.07) is 6.48. The van der Waals surface area contributed by atoms with Crippen molar-refractivity contribution in [1.82, 2.24) is 5.32 Å². The second-order valence-corrected chi connectivity index (χ2v) is 3.64. The van der Waals surface area contributed by atoms with E-state index in [9.17, 15) is 9.59 Å². The summed E-state index contributed by atoms with van der Waals surface area (Å²) < 4.78 is 4.70. The Kier molecular flexibility index (Phi) is 2.76. The molecule has 1 aliphatic rings. The zero-order chi connectivity index (χ0) is 11.5. The Balaban J connectivity index is 1.98. The van der Waals surface area contributed by atoms with Crippen molar-refractivity contribution >= 4 is 11.9 Å². The molecule has 5 heteroatoms. The second kappa shape index (κ2) is 4.22. The largest absolute Gasteiger partial charge is 0.508 e. The Morgan fingerprint density at radius 1 is 1.31 bits per heavy atom. The van der Waals surface area contributed by atoms with Crippen LogP contribution in [0.4, 0.5) is 0 Å². The van der Waals surface area contributed by atoms with Crippen LogP contribution in [0.3, 0.4) is 0 Å². The maximum atomic E-state index is 11.0. The van der Waals surface area contributed by atoms with Crippen molar-refractivity contribution in [2.45, 2.75) is 12.5 Å². The summed E-state index contributed by atoms with van der Waals surface area (Å²) in [5.74, 6) is -1.33. The molecule has 1 saturated heterocycles. The minimum atomic E-state index is -0.832.